The summed E-state index contributed by atoms with van der Waals surface area (Å²) in [6, 6.07) is 8.46. The molecule has 0 aliphatic carbocycles. The van der Waals surface area contributed by atoms with Crippen molar-refractivity contribution < 1.29 is 31.1 Å². The van der Waals surface area contributed by atoms with Crippen LogP contribution in [0.4, 0.5) is 18.9 Å². The van der Waals surface area contributed by atoms with Crippen molar-refractivity contribution in [3.8, 4) is 5.75 Å². The minimum atomic E-state index is -4.90. The zero-order chi connectivity index (χ0) is 21.1. The molecule has 0 unspecified atom stereocenters. The van der Waals surface area contributed by atoms with Crippen LogP contribution >= 0.6 is 15.9 Å². The molecular formula is C15H10BrF3N3O4SSe. The average Bonchev–Trinajstić information content (AvgIpc) is 2.52. The van der Waals surface area contributed by atoms with Gasteiger partial charge in [0.2, 0.25) is 0 Å². The number of ether oxygens (including phenoxy) is 1. The quantitative estimate of drug-likeness (QED) is 0.351. The zero-order valence-corrected chi connectivity index (χ0v) is 17.6. The van der Waals surface area contributed by atoms with Crippen molar-refractivity contribution in [2.24, 2.45) is 10.1 Å². The van der Waals surface area contributed by atoms with Gasteiger partial charge in [0.05, 0.1) is 0 Å². The number of carbonyl (C=O) groups is 1. The second kappa shape index (κ2) is 8.62. The van der Waals surface area contributed by atoms with Crippen LogP contribution in [0.5, 0.6) is 5.75 Å². The third-order valence-electron chi connectivity index (χ3n) is 2.98. The third kappa shape index (κ3) is 6.91. The number of hydrogen-bond acceptors (Lipinski definition) is 5. The van der Waals surface area contributed by atoms with E-state index in [9.17, 15) is 26.4 Å². The number of rotatable bonds is 4. The van der Waals surface area contributed by atoms with E-state index in [4.69, 9.17) is 5.14 Å². The maximum absolute atomic E-state index is 12.4. The molecule has 0 fully saturated rings. The van der Waals surface area contributed by atoms with Crippen LogP contribution < -0.4 is 15.2 Å². The Labute approximate surface area is 174 Å². The fraction of sp³-hybridized carbons (Fsp3) is 0.0667. The van der Waals surface area contributed by atoms with Crippen molar-refractivity contribution in [1.82, 2.24) is 5.32 Å². The summed E-state index contributed by atoms with van der Waals surface area (Å²) in [6.45, 7) is 0. The average molecular weight is 544 g/mol. The summed E-state index contributed by atoms with van der Waals surface area (Å²) in [6.07, 6.45) is -4.90. The molecule has 3 N–H and O–H groups in total. The molecule has 2 aromatic rings. The molecule has 2 aromatic carbocycles. The first-order chi connectivity index (χ1) is 12.8. The van der Waals surface area contributed by atoms with E-state index in [0.717, 1.165) is 12.1 Å². The predicted octanol–water partition coefficient (Wildman–Crippen LogP) is 2.58. The SMILES string of the molecule is NS(=O)(=O)c1ccc(N=C([Se])NC(=O)c2cc(Br)cc(OC(F)(F)F)c2)cc1. The fourth-order valence-corrected chi connectivity index (χ4v) is 3.31. The molecule has 0 spiro atoms. The number of halogens is 4. The molecule has 13 heteroatoms. The molecule has 0 aliphatic rings. The van der Waals surface area contributed by atoms with Crippen molar-refractivity contribution in [3.05, 3.63) is 52.5 Å². The number of nitrogens with one attached hydrogen (secondary N) is 1. The monoisotopic (exact) mass is 544 g/mol. The first kappa shape index (κ1) is 22.4. The van der Waals surface area contributed by atoms with Crippen LogP contribution in [0.25, 0.3) is 0 Å². The van der Waals surface area contributed by atoms with E-state index in [2.05, 4.69) is 47.0 Å². The number of hydrogen-bond donors (Lipinski definition) is 2. The van der Waals surface area contributed by atoms with Crippen LogP contribution in [0.1, 0.15) is 10.4 Å². The van der Waals surface area contributed by atoms with Gasteiger partial charge < -0.3 is 0 Å². The number of aliphatic imine (C=N–C) groups is 1. The van der Waals surface area contributed by atoms with Crippen molar-refractivity contribution in [1.29, 1.82) is 0 Å². The number of primary sulfonamides is 1. The Morgan fingerprint density at radius 1 is 1.18 bits per heavy atom. The number of benzene rings is 2. The predicted molar refractivity (Wildman–Crippen MR) is 99.0 cm³/mol. The summed E-state index contributed by atoms with van der Waals surface area (Å²) in [5.41, 5.74) is 0.193. The molecule has 7 nitrogen and oxygen atoms in total. The molecule has 0 saturated heterocycles. The number of alkyl halides is 3. The van der Waals surface area contributed by atoms with Gasteiger partial charge >= 0.3 is 174 Å². The zero-order valence-electron chi connectivity index (χ0n) is 13.5. The van der Waals surface area contributed by atoms with Gasteiger partial charge in [0.1, 0.15) is 0 Å². The number of carbonyl (C=O) groups excluding carboxylic acids is 1. The summed E-state index contributed by atoms with van der Waals surface area (Å²) in [5, 5.41) is 7.35. The van der Waals surface area contributed by atoms with E-state index < -0.39 is 28.0 Å². The van der Waals surface area contributed by atoms with Gasteiger partial charge in [0.25, 0.3) is 0 Å². The van der Waals surface area contributed by atoms with Gasteiger partial charge in [-0.3, -0.25) is 0 Å². The number of sulfonamides is 1. The Morgan fingerprint density at radius 2 is 1.79 bits per heavy atom. The van der Waals surface area contributed by atoms with E-state index in [-0.39, 0.29) is 19.7 Å². The van der Waals surface area contributed by atoms with Gasteiger partial charge in [-0.15, -0.1) is 0 Å². The van der Waals surface area contributed by atoms with Crippen molar-refractivity contribution in [2.45, 2.75) is 11.3 Å². The Morgan fingerprint density at radius 3 is 2.32 bits per heavy atom. The van der Waals surface area contributed by atoms with Crippen LogP contribution in [0.15, 0.2) is 56.8 Å². The number of nitrogens with zero attached hydrogens (tertiary/aromatic N) is 1. The van der Waals surface area contributed by atoms with Gasteiger partial charge in [-0.2, -0.15) is 0 Å². The Bertz CT molecular complexity index is 1030. The molecular weight excluding hydrogens is 534 g/mol. The molecule has 1 radical (unpaired) electrons. The van der Waals surface area contributed by atoms with Crippen LogP contribution in [0.3, 0.4) is 0 Å². The standard InChI is InChI=1S/C15H10BrF3N3O4SSe/c16-9-5-8(6-11(7-9)26-15(17,18)19)13(23)22-14(28)21-10-1-3-12(4-2-10)27(20,24)25/h1-7H,(H2,20,24,25)(H,21,22,23). The van der Waals surface area contributed by atoms with Gasteiger partial charge in [-0.25, -0.2) is 0 Å². The molecule has 0 saturated carbocycles. The van der Waals surface area contributed by atoms with Crippen LogP contribution in [0.2, 0.25) is 0 Å². The summed E-state index contributed by atoms with van der Waals surface area (Å²) >= 11 is 5.50. The summed E-state index contributed by atoms with van der Waals surface area (Å²) in [7, 11) is -3.85. The van der Waals surface area contributed by atoms with Gasteiger partial charge in [0, 0.05) is 0 Å². The van der Waals surface area contributed by atoms with Crippen LogP contribution in [0, 0.1) is 0 Å². The topological polar surface area (TPSA) is 111 Å². The molecule has 0 aromatic heterocycles. The second-order valence-electron chi connectivity index (χ2n) is 5.13. The van der Waals surface area contributed by atoms with Crippen molar-refractivity contribution in [3.63, 3.8) is 0 Å². The van der Waals surface area contributed by atoms with Crippen molar-refractivity contribution in [2.75, 3.05) is 0 Å². The molecule has 0 aliphatic heterocycles. The van der Waals surface area contributed by atoms with E-state index in [0.29, 0.717) is 5.69 Å². The normalized spacial score (nSPS) is 12.5. The number of amides is 1. The summed E-state index contributed by atoms with van der Waals surface area (Å²) < 4.78 is 63.5. The molecule has 28 heavy (non-hydrogen) atoms. The first-order valence-corrected chi connectivity index (χ1v) is 10.3. The molecule has 0 bridgehead atoms. The summed E-state index contributed by atoms with van der Waals surface area (Å²) in [4.78, 5) is 16.2. The number of amidine groups is 1. The van der Waals surface area contributed by atoms with E-state index >= 15 is 0 Å². The van der Waals surface area contributed by atoms with Crippen LogP contribution in [-0.4, -0.2) is 41.4 Å². The molecule has 1 amide bonds. The Kier molecular flexibility index (Phi) is 6.88. The third-order valence-corrected chi connectivity index (χ3v) is 4.78. The first-order valence-electron chi connectivity index (χ1n) is 7.10. The number of nitrogens with two attached hydrogens (primary N) is 1. The van der Waals surface area contributed by atoms with E-state index in [1.165, 1.54) is 30.3 Å². The molecule has 2 rings (SSSR count). The molecule has 0 heterocycles. The van der Waals surface area contributed by atoms with Gasteiger partial charge in [0.15, 0.2) is 0 Å². The Hall–Kier alpha value is -1.92. The molecule has 149 valence electrons. The van der Waals surface area contributed by atoms with Gasteiger partial charge in [-0.05, 0) is 0 Å². The maximum atomic E-state index is 12.4. The fourth-order valence-electron chi connectivity index (χ4n) is 1.91. The molecule has 0 atom stereocenters. The summed E-state index contributed by atoms with van der Waals surface area (Å²) in [5.74, 6) is -1.31. The Balaban J connectivity index is 2.16. The van der Waals surface area contributed by atoms with Crippen molar-refractivity contribution >= 4 is 58.3 Å². The van der Waals surface area contributed by atoms with Gasteiger partial charge in [-0.1, -0.05) is 0 Å². The van der Waals surface area contributed by atoms with E-state index in [1.807, 2.05) is 0 Å². The van der Waals surface area contributed by atoms with E-state index in [1.54, 1.807) is 0 Å². The second-order valence-corrected chi connectivity index (χ2v) is 8.42. The van der Waals surface area contributed by atoms with Crippen LogP contribution in [-0.2, 0) is 10.0 Å². The minimum absolute atomic E-state index is 0.00613.